The van der Waals surface area contributed by atoms with Gasteiger partial charge in [0.2, 0.25) is 0 Å². The number of H-pyrrole nitrogens is 1. The molecule has 0 atom stereocenters. The van der Waals surface area contributed by atoms with Crippen LogP contribution < -0.4 is 5.43 Å². The van der Waals surface area contributed by atoms with Crippen LogP contribution in [0.25, 0.3) is 22.3 Å². The van der Waals surface area contributed by atoms with E-state index in [0.717, 1.165) is 38.7 Å². The van der Waals surface area contributed by atoms with Crippen molar-refractivity contribution in [3.63, 3.8) is 0 Å². The van der Waals surface area contributed by atoms with Crippen LogP contribution in [0.4, 0.5) is 0 Å². The Bertz CT molecular complexity index is 861. The zero-order chi connectivity index (χ0) is 15.7. The first-order valence-corrected chi connectivity index (χ1v) is 7.49. The van der Waals surface area contributed by atoms with Crippen LogP contribution in [-0.4, -0.2) is 4.98 Å². The number of pyridine rings is 1. The standard InChI is InChI=1S/C19H16ClNO/c1-12-11-18(22)19(13(2)21-12)16-5-3-14(4-6-16)15-7-9-17(20)10-8-15/h3-11H,1-2H3,(H,21,22). The van der Waals surface area contributed by atoms with Crippen molar-refractivity contribution in [2.24, 2.45) is 0 Å². The van der Waals surface area contributed by atoms with Gasteiger partial charge >= 0.3 is 0 Å². The predicted molar refractivity (Wildman–Crippen MR) is 92.4 cm³/mol. The number of nitrogens with one attached hydrogen (secondary N) is 1. The van der Waals surface area contributed by atoms with Crippen molar-refractivity contribution in [2.45, 2.75) is 13.8 Å². The Kier molecular flexibility index (Phi) is 3.86. The molecule has 0 aliphatic rings. The van der Waals surface area contributed by atoms with Crippen LogP contribution >= 0.6 is 11.6 Å². The molecule has 0 unspecified atom stereocenters. The van der Waals surface area contributed by atoms with Crippen LogP contribution in [0.15, 0.2) is 59.4 Å². The monoisotopic (exact) mass is 309 g/mol. The summed E-state index contributed by atoms with van der Waals surface area (Å²) in [5.74, 6) is 0. The minimum Gasteiger partial charge on any atom is -0.362 e. The Labute approximate surface area is 134 Å². The summed E-state index contributed by atoms with van der Waals surface area (Å²) in [7, 11) is 0. The average Bonchev–Trinajstić information content (AvgIpc) is 2.48. The lowest BCUT2D eigenvalue weighted by Gasteiger charge is -2.08. The van der Waals surface area contributed by atoms with Crippen LogP contribution in [0.5, 0.6) is 0 Å². The summed E-state index contributed by atoms with van der Waals surface area (Å²) in [4.78, 5) is 15.4. The molecule has 3 aromatic rings. The van der Waals surface area contributed by atoms with E-state index in [-0.39, 0.29) is 5.43 Å². The summed E-state index contributed by atoms with van der Waals surface area (Å²) in [6, 6.07) is 17.4. The van der Waals surface area contributed by atoms with Crippen molar-refractivity contribution in [1.82, 2.24) is 4.98 Å². The number of aromatic amines is 1. The summed E-state index contributed by atoms with van der Waals surface area (Å²) in [6.07, 6.45) is 0. The molecule has 0 saturated carbocycles. The van der Waals surface area contributed by atoms with E-state index in [1.165, 1.54) is 0 Å². The summed E-state index contributed by atoms with van der Waals surface area (Å²) in [5, 5.41) is 0.724. The first-order valence-electron chi connectivity index (χ1n) is 7.11. The van der Waals surface area contributed by atoms with E-state index < -0.39 is 0 Å². The van der Waals surface area contributed by atoms with Gasteiger partial charge in [0.05, 0.1) is 0 Å². The van der Waals surface area contributed by atoms with E-state index in [0.29, 0.717) is 0 Å². The van der Waals surface area contributed by atoms with Gasteiger partial charge in [-0.25, -0.2) is 0 Å². The Balaban J connectivity index is 2.02. The molecule has 2 nitrogen and oxygen atoms in total. The van der Waals surface area contributed by atoms with Crippen molar-refractivity contribution < 1.29 is 0 Å². The molecule has 2 aromatic carbocycles. The molecule has 110 valence electrons. The molecule has 3 rings (SSSR count). The molecule has 0 saturated heterocycles. The average molecular weight is 310 g/mol. The number of hydrogen-bond acceptors (Lipinski definition) is 1. The van der Waals surface area contributed by atoms with Crippen molar-refractivity contribution in [2.75, 3.05) is 0 Å². The number of rotatable bonds is 2. The number of benzene rings is 2. The Morgan fingerprint density at radius 2 is 1.32 bits per heavy atom. The fourth-order valence-electron chi connectivity index (χ4n) is 2.68. The van der Waals surface area contributed by atoms with Gasteiger partial charge < -0.3 is 4.98 Å². The van der Waals surface area contributed by atoms with Gasteiger partial charge in [0.1, 0.15) is 0 Å². The third-order valence-electron chi connectivity index (χ3n) is 3.70. The smallest absolute Gasteiger partial charge is 0.189 e. The molecule has 22 heavy (non-hydrogen) atoms. The van der Waals surface area contributed by atoms with Gasteiger partial charge in [-0.1, -0.05) is 48.0 Å². The predicted octanol–water partition coefficient (Wildman–Crippen LogP) is 4.98. The van der Waals surface area contributed by atoms with Gasteiger partial charge in [-0.05, 0) is 42.7 Å². The van der Waals surface area contributed by atoms with Gasteiger partial charge in [0.25, 0.3) is 0 Å². The summed E-state index contributed by atoms with van der Waals surface area (Å²) in [5.41, 5.74) is 5.68. The molecule has 1 aromatic heterocycles. The van der Waals surface area contributed by atoms with E-state index in [9.17, 15) is 4.79 Å². The molecule has 3 heteroatoms. The Hall–Kier alpha value is -2.32. The maximum Gasteiger partial charge on any atom is 0.189 e. The SMILES string of the molecule is Cc1cc(=O)c(-c2ccc(-c3ccc(Cl)cc3)cc2)c(C)[nH]1. The van der Waals surface area contributed by atoms with E-state index in [2.05, 4.69) is 4.98 Å². The maximum absolute atomic E-state index is 12.2. The minimum atomic E-state index is 0.0491. The Morgan fingerprint density at radius 1 is 0.818 bits per heavy atom. The second-order valence-electron chi connectivity index (χ2n) is 5.40. The highest BCUT2D eigenvalue weighted by Gasteiger charge is 2.08. The van der Waals surface area contributed by atoms with E-state index >= 15 is 0 Å². The van der Waals surface area contributed by atoms with E-state index in [1.54, 1.807) is 6.07 Å². The zero-order valence-corrected chi connectivity index (χ0v) is 13.2. The molecule has 0 spiro atoms. The van der Waals surface area contributed by atoms with Crippen LogP contribution in [0.2, 0.25) is 5.02 Å². The normalized spacial score (nSPS) is 10.7. The molecular formula is C19H16ClNO. The highest BCUT2D eigenvalue weighted by Crippen LogP contribution is 2.25. The lowest BCUT2D eigenvalue weighted by molar-refractivity contribution is 1.11. The third kappa shape index (κ3) is 2.83. The van der Waals surface area contributed by atoms with Gasteiger partial charge in [-0.3, -0.25) is 4.79 Å². The first kappa shape index (κ1) is 14.6. The van der Waals surface area contributed by atoms with Crippen molar-refractivity contribution in [1.29, 1.82) is 0 Å². The maximum atomic E-state index is 12.2. The Morgan fingerprint density at radius 3 is 1.86 bits per heavy atom. The van der Waals surface area contributed by atoms with Crippen LogP contribution in [0.3, 0.4) is 0 Å². The molecule has 1 N–H and O–H groups in total. The molecule has 0 amide bonds. The number of halogens is 1. The van der Waals surface area contributed by atoms with Gasteiger partial charge in [0.15, 0.2) is 5.43 Å². The summed E-state index contributed by atoms with van der Waals surface area (Å²) in [6.45, 7) is 3.82. The fraction of sp³-hybridized carbons (Fsp3) is 0.105. The summed E-state index contributed by atoms with van der Waals surface area (Å²) >= 11 is 5.91. The van der Waals surface area contributed by atoms with E-state index in [1.807, 2.05) is 62.4 Å². The molecule has 0 aliphatic heterocycles. The summed E-state index contributed by atoms with van der Waals surface area (Å²) < 4.78 is 0. The van der Waals surface area contributed by atoms with Gasteiger partial charge in [0, 0.05) is 28.0 Å². The highest BCUT2D eigenvalue weighted by molar-refractivity contribution is 6.30. The lowest BCUT2D eigenvalue weighted by Crippen LogP contribution is -2.08. The van der Waals surface area contributed by atoms with Gasteiger partial charge in [-0.15, -0.1) is 0 Å². The lowest BCUT2D eigenvalue weighted by atomic mass is 9.99. The topological polar surface area (TPSA) is 32.9 Å². The largest absolute Gasteiger partial charge is 0.362 e. The van der Waals surface area contributed by atoms with Crippen LogP contribution in [0.1, 0.15) is 11.4 Å². The third-order valence-corrected chi connectivity index (χ3v) is 3.96. The molecule has 0 radical (unpaired) electrons. The van der Waals surface area contributed by atoms with Crippen LogP contribution in [0, 0.1) is 13.8 Å². The van der Waals surface area contributed by atoms with Crippen molar-refractivity contribution in [3.8, 4) is 22.3 Å². The quantitative estimate of drug-likeness (QED) is 0.711. The second kappa shape index (κ2) is 5.82. The molecular weight excluding hydrogens is 294 g/mol. The number of aromatic nitrogens is 1. The van der Waals surface area contributed by atoms with Gasteiger partial charge in [-0.2, -0.15) is 0 Å². The van der Waals surface area contributed by atoms with Crippen LogP contribution in [-0.2, 0) is 0 Å². The van der Waals surface area contributed by atoms with Crippen molar-refractivity contribution in [3.05, 3.63) is 81.2 Å². The number of hydrogen-bond donors (Lipinski definition) is 1. The fourth-order valence-corrected chi connectivity index (χ4v) is 2.80. The number of aryl methyl sites for hydroxylation is 2. The molecule has 0 bridgehead atoms. The highest BCUT2D eigenvalue weighted by atomic mass is 35.5. The minimum absolute atomic E-state index is 0.0491. The van der Waals surface area contributed by atoms with E-state index in [4.69, 9.17) is 11.6 Å². The second-order valence-corrected chi connectivity index (χ2v) is 5.84. The first-order chi connectivity index (χ1) is 10.5. The van der Waals surface area contributed by atoms with Crippen molar-refractivity contribution >= 4 is 11.6 Å². The molecule has 0 aliphatic carbocycles. The molecule has 0 fully saturated rings. The zero-order valence-electron chi connectivity index (χ0n) is 12.5. The molecule has 1 heterocycles.